The summed E-state index contributed by atoms with van der Waals surface area (Å²) in [5.74, 6) is -0.777. The Kier molecular flexibility index (Phi) is 13.3. The van der Waals surface area contributed by atoms with Crippen LogP contribution < -0.4 is 5.32 Å². The van der Waals surface area contributed by atoms with Gasteiger partial charge in [-0.15, -0.1) is 0 Å². The summed E-state index contributed by atoms with van der Waals surface area (Å²) in [6.07, 6.45) is 3.14. The van der Waals surface area contributed by atoms with E-state index < -0.39 is 11.9 Å². The maximum absolute atomic E-state index is 13.0. The first-order valence-electron chi connectivity index (χ1n) is 12.9. The fourth-order valence-corrected chi connectivity index (χ4v) is 3.95. The second kappa shape index (κ2) is 16.4. The molecular weight excluding hydrogens is 490 g/mol. The molecule has 2 aromatic rings. The minimum Gasteiger partial charge on any atom is -0.508 e. The zero-order valence-electron chi connectivity index (χ0n) is 22.2. The van der Waals surface area contributed by atoms with E-state index in [-0.39, 0.29) is 61.3 Å². The predicted molar refractivity (Wildman–Crippen MR) is 142 cm³/mol. The molecule has 208 valence electrons. The molecule has 1 amide bonds. The van der Waals surface area contributed by atoms with E-state index in [0.717, 1.165) is 16.7 Å². The fourth-order valence-electron chi connectivity index (χ4n) is 3.95. The zero-order chi connectivity index (χ0) is 27.9. The lowest BCUT2D eigenvalue weighted by Gasteiger charge is -2.18. The minimum absolute atomic E-state index is 0.0217. The summed E-state index contributed by atoms with van der Waals surface area (Å²) in [5.41, 5.74) is 2.51. The van der Waals surface area contributed by atoms with Gasteiger partial charge in [0.1, 0.15) is 18.1 Å². The molecule has 0 bridgehead atoms. The first kappa shape index (κ1) is 30.8. The zero-order valence-corrected chi connectivity index (χ0v) is 22.2. The van der Waals surface area contributed by atoms with Crippen LogP contribution in [0, 0.1) is 6.92 Å². The highest BCUT2D eigenvalue weighted by molar-refractivity contribution is 5.90. The number of nitrogens with one attached hydrogen (secondary N) is 1. The van der Waals surface area contributed by atoms with Crippen molar-refractivity contribution in [1.29, 1.82) is 0 Å². The van der Waals surface area contributed by atoms with Crippen molar-refractivity contribution in [3.63, 3.8) is 0 Å². The van der Waals surface area contributed by atoms with Crippen molar-refractivity contribution < 1.29 is 39.2 Å². The summed E-state index contributed by atoms with van der Waals surface area (Å²) in [6.45, 7) is 2.21. The number of methoxy groups -OCH3 is 1. The maximum atomic E-state index is 13.0. The van der Waals surface area contributed by atoms with E-state index in [0.29, 0.717) is 38.7 Å². The van der Waals surface area contributed by atoms with E-state index >= 15 is 0 Å². The Bertz CT molecular complexity index is 1070. The first-order valence-corrected chi connectivity index (χ1v) is 12.9. The van der Waals surface area contributed by atoms with Gasteiger partial charge in [-0.2, -0.15) is 0 Å². The van der Waals surface area contributed by atoms with Crippen molar-refractivity contribution in [2.24, 2.45) is 0 Å². The highest BCUT2D eigenvalue weighted by Crippen LogP contribution is 2.25. The minimum atomic E-state index is -0.794. The fraction of sp³-hybridized carbons (Fsp3) is 0.483. The Morgan fingerprint density at radius 3 is 2.16 bits per heavy atom. The van der Waals surface area contributed by atoms with Crippen LogP contribution in [0.3, 0.4) is 0 Å². The molecule has 4 N–H and O–H groups in total. The van der Waals surface area contributed by atoms with E-state index in [9.17, 15) is 29.7 Å². The number of phenolic OH excluding ortho intramolecular Hbond substituents is 3. The summed E-state index contributed by atoms with van der Waals surface area (Å²) >= 11 is 0. The molecule has 0 heterocycles. The van der Waals surface area contributed by atoms with Gasteiger partial charge in [0.2, 0.25) is 5.91 Å². The normalized spacial score (nSPS) is 11.7. The third kappa shape index (κ3) is 11.3. The molecular formula is C29H39NO8. The van der Waals surface area contributed by atoms with E-state index in [2.05, 4.69) is 5.32 Å². The lowest BCUT2D eigenvalue weighted by atomic mass is 9.97. The molecule has 0 spiro atoms. The van der Waals surface area contributed by atoms with Crippen LogP contribution in [0.2, 0.25) is 0 Å². The molecule has 0 fully saturated rings. The molecule has 0 aromatic heterocycles. The quantitative estimate of drug-likeness (QED) is 0.170. The van der Waals surface area contributed by atoms with Crippen LogP contribution in [0.25, 0.3) is 0 Å². The van der Waals surface area contributed by atoms with Crippen molar-refractivity contribution >= 4 is 17.5 Å². The van der Waals surface area contributed by atoms with Crippen LogP contribution in [-0.2, 0) is 36.7 Å². The number of benzene rings is 2. The number of ether oxygens (including phenoxy) is 2. The van der Waals surface area contributed by atoms with E-state index in [1.54, 1.807) is 12.1 Å². The molecule has 0 aliphatic carbocycles. The van der Waals surface area contributed by atoms with Gasteiger partial charge >= 0.3 is 0 Å². The van der Waals surface area contributed by atoms with Gasteiger partial charge in [0.15, 0.2) is 17.3 Å². The highest BCUT2D eigenvalue weighted by atomic mass is 16.5. The number of phenols is 3. The lowest BCUT2D eigenvalue weighted by Crippen LogP contribution is -2.43. The smallest absolute Gasteiger partial charge is 0.246 e. The molecule has 0 aliphatic rings. The second-order valence-electron chi connectivity index (χ2n) is 9.36. The van der Waals surface area contributed by atoms with Crippen LogP contribution in [-0.4, -0.2) is 65.8 Å². The molecule has 38 heavy (non-hydrogen) atoms. The molecule has 0 unspecified atom stereocenters. The lowest BCUT2D eigenvalue weighted by molar-refractivity contribution is -0.131. The number of aromatic hydroxyl groups is 3. The largest absolute Gasteiger partial charge is 0.508 e. The standard InChI is InChI=1S/C29H39NO8/c1-20-9-10-21(17-27(20)34)6-4-8-25(32)24(30-29(36)19-38-16-15-37-2)13-12-23(31)7-3-5-22-11-14-26(33)28(35)18-22/h9-11,14,17-18,24,33-35H,3-8,12-13,15-16,19H2,1-2H3,(H,30,36)/t24-/m0/s1. The molecule has 2 aromatic carbocycles. The number of rotatable bonds is 18. The van der Waals surface area contributed by atoms with Gasteiger partial charge in [0.05, 0.1) is 19.3 Å². The SMILES string of the molecule is COCCOCC(=O)N[C@@H](CCC(=O)CCCc1ccc(O)c(O)c1)C(=O)CCCc1ccc(C)c(O)c1. The Hall–Kier alpha value is -3.43. The molecule has 1 atom stereocenters. The molecule has 0 saturated heterocycles. The number of carbonyl (C=O) groups is 3. The molecule has 0 aliphatic heterocycles. The van der Waals surface area contributed by atoms with Crippen LogP contribution in [0.15, 0.2) is 36.4 Å². The average Bonchev–Trinajstić information content (AvgIpc) is 2.88. The number of carbonyl (C=O) groups excluding carboxylic acids is 3. The summed E-state index contributed by atoms with van der Waals surface area (Å²) in [6, 6.07) is 9.20. The summed E-state index contributed by atoms with van der Waals surface area (Å²) < 4.78 is 10.1. The van der Waals surface area contributed by atoms with Crippen molar-refractivity contribution in [2.45, 2.75) is 64.3 Å². The van der Waals surface area contributed by atoms with Gasteiger partial charge in [0, 0.05) is 26.4 Å². The van der Waals surface area contributed by atoms with Crippen molar-refractivity contribution in [1.82, 2.24) is 5.32 Å². The molecule has 9 heteroatoms. The first-order chi connectivity index (χ1) is 18.2. The van der Waals surface area contributed by atoms with Crippen LogP contribution in [0.1, 0.15) is 55.2 Å². The Morgan fingerprint density at radius 2 is 1.50 bits per heavy atom. The van der Waals surface area contributed by atoms with Crippen molar-refractivity contribution in [3.05, 3.63) is 53.1 Å². The maximum Gasteiger partial charge on any atom is 0.246 e. The number of amides is 1. The van der Waals surface area contributed by atoms with Crippen LogP contribution in [0.5, 0.6) is 17.2 Å². The monoisotopic (exact) mass is 529 g/mol. The summed E-state index contributed by atoms with van der Waals surface area (Å²) in [5, 5.41) is 31.6. The van der Waals surface area contributed by atoms with E-state index in [1.807, 2.05) is 19.1 Å². The molecule has 0 radical (unpaired) electrons. The number of Topliss-reactive ketones (excluding diaryl/α,β-unsaturated/α-hetero) is 2. The van der Waals surface area contributed by atoms with Gasteiger partial charge < -0.3 is 30.1 Å². The van der Waals surface area contributed by atoms with Crippen LogP contribution in [0.4, 0.5) is 0 Å². The van der Waals surface area contributed by atoms with Gasteiger partial charge in [-0.25, -0.2) is 0 Å². The number of hydrogen-bond acceptors (Lipinski definition) is 8. The molecule has 2 rings (SSSR count). The van der Waals surface area contributed by atoms with Gasteiger partial charge in [-0.05, 0) is 73.9 Å². The van der Waals surface area contributed by atoms with E-state index in [4.69, 9.17) is 9.47 Å². The van der Waals surface area contributed by atoms with Gasteiger partial charge in [-0.1, -0.05) is 18.2 Å². The van der Waals surface area contributed by atoms with Crippen molar-refractivity contribution in [2.75, 3.05) is 26.9 Å². The Morgan fingerprint density at radius 1 is 0.842 bits per heavy atom. The number of aryl methyl sites for hydroxylation is 3. The highest BCUT2D eigenvalue weighted by Gasteiger charge is 2.21. The van der Waals surface area contributed by atoms with E-state index in [1.165, 1.54) is 19.2 Å². The van der Waals surface area contributed by atoms with Crippen LogP contribution >= 0.6 is 0 Å². The molecule has 9 nitrogen and oxygen atoms in total. The third-order valence-corrected chi connectivity index (χ3v) is 6.22. The topological polar surface area (TPSA) is 142 Å². The Balaban J connectivity index is 1.85. The second-order valence-corrected chi connectivity index (χ2v) is 9.36. The Labute approximate surface area is 223 Å². The van der Waals surface area contributed by atoms with Gasteiger partial charge in [0.25, 0.3) is 0 Å². The average molecular weight is 530 g/mol. The summed E-state index contributed by atoms with van der Waals surface area (Å²) in [4.78, 5) is 37.8. The predicted octanol–water partition coefficient (Wildman–Crippen LogP) is 3.52. The molecule has 0 saturated carbocycles. The van der Waals surface area contributed by atoms with Crippen molar-refractivity contribution in [3.8, 4) is 17.2 Å². The number of ketones is 2. The third-order valence-electron chi connectivity index (χ3n) is 6.22. The summed E-state index contributed by atoms with van der Waals surface area (Å²) in [7, 11) is 1.53. The van der Waals surface area contributed by atoms with Gasteiger partial charge in [-0.3, -0.25) is 14.4 Å². The number of hydrogen-bond donors (Lipinski definition) is 4.